The number of ether oxygens (including phenoxy) is 1. The molecule has 21 heavy (non-hydrogen) atoms. The zero-order valence-corrected chi connectivity index (χ0v) is 12.0. The monoisotopic (exact) mass is 328 g/mol. The first-order chi connectivity index (χ1) is 9.83. The van der Waals surface area contributed by atoms with E-state index in [1.807, 2.05) is 0 Å². The van der Waals surface area contributed by atoms with Crippen LogP contribution in [0.25, 0.3) is 0 Å². The van der Waals surface area contributed by atoms with Gasteiger partial charge < -0.3 is 10.1 Å². The van der Waals surface area contributed by atoms with E-state index >= 15 is 0 Å². The van der Waals surface area contributed by atoms with Gasteiger partial charge in [0.15, 0.2) is 5.16 Å². The highest BCUT2D eigenvalue weighted by molar-refractivity contribution is 7.99. The Kier molecular flexibility index (Phi) is 6.75. The van der Waals surface area contributed by atoms with Gasteiger partial charge in [-0.15, -0.1) is 5.10 Å². The second-order valence-electron chi connectivity index (χ2n) is 3.99. The van der Waals surface area contributed by atoms with Crippen LogP contribution in [0.15, 0.2) is 9.95 Å². The number of carbonyl (C=O) groups is 1. The Morgan fingerprint density at radius 1 is 1.52 bits per heavy atom. The molecule has 2 N–H and O–H groups in total. The summed E-state index contributed by atoms with van der Waals surface area (Å²) in [6.45, 7) is -0.586. The van der Waals surface area contributed by atoms with Crippen LogP contribution in [0.1, 0.15) is 6.42 Å². The van der Waals surface area contributed by atoms with Crippen LogP contribution in [0.2, 0.25) is 0 Å². The fraction of sp³-hybridized carbons (Fsp3) is 0.700. The van der Waals surface area contributed by atoms with Gasteiger partial charge in [0.05, 0.1) is 5.75 Å². The van der Waals surface area contributed by atoms with Crippen LogP contribution in [0.4, 0.5) is 13.2 Å². The van der Waals surface area contributed by atoms with Gasteiger partial charge in [0.25, 0.3) is 0 Å². The van der Waals surface area contributed by atoms with Crippen LogP contribution in [0.3, 0.4) is 0 Å². The molecule has 120 valence electrons. The maximum atomic E-state index is 11.9. The number of hydrogen-bond donors (Lipinski definition) is 2. The van der Waals surface area contributed by atoms with Gasteiger partial charge in [0.2, 0.25) is 5.91 Å². The third-order valence-electron chi connectivity index (χ3n) is 2.27. The van der Waals surface area contributed by atoms with Gasteiger partial charge in [0.1, 0.15) is 6.54 Å². The Morgan fingerprint density at radius 3 is 2.86 bits per heavy atom. The van der Waals surface area contributed by atoms with Crippen LogP contribution in [0, 0.1) is 0 Å². The topological polar surface area (TPSA) is 89.0 Å². The number of nitrogens with one attached hydrogen (secondary N) is 2. The van der Waals surface area contributed by atoms with Crippen molar-refractivity contribution < 1.29 is 22.7 Å². The SMILES string of the molecule is COCCCn1c(SCC(=O)NCC(F)(F)F)n[nH]c1=O. The lowest BCUT2D eigenvalue weighted by molar-refractivity contribution is -0.136. The number of alkyl halides is 3. The fourth-order valence-electron chi connectivity index (χ4n) is 1.36. The minimum atomic E-state index is -4.45. The summed E-state index contributed by atoms with van der Waals surface area (Å²) in [5.41, 5.74) is -0.440. The summed E-state index contributed by atoms with van der Waals surface area (Å²) >= 11 is 0.885. The number of aromatic nitrogens is 3. The van der Waals surface area contributed by atoms with Gasteiger partial charge in [-0.25, -0.2) is 9.89 Å². The van der Waals surface area contributed by atoms with Crippen molar-refractivity contribution in [1.82, 2.24) is 20.1 Å². The van der Waals surface area contributed by atoms with Crippen LogP contribution in [-0.4, -0.2) is 52.9 Å². The van der Waals surface area contributed by atoms with Gasteiger partial charge in [-0.05, 0) is 6.42 Å². The van der Waals surface area contributed by atoms with E-state index < -0.39 is 24.3 Å². The van der Waals surface area contributed by atoms with Gasteiger partial charge >= 0.3 is 11.9 Å². The lowest BCUT2D eigenvalue weighted by Crippen LogP contribution is -2.34. The first-order valence-corrected chi connectivity index (χ1v) is 6.92. The van der Waals surface area contributed by atoms with E-state index in [9.17, 15) is 22.8 Å². The van der Waals surface area contributed by atoms with E-state index in [0.717, 1.165) is 11.8 Å². The van der Waals surface area contributed by atoms with Crippen molar-refractivity contribution in [2.24, 2.45) is 0 Å². The van der Waals surface area contributed by atoms with Crippen LogP contribution in [-0.2, 0) is 16.1 Å². The second kappa shape index (κ2) is 8.08. The number of methoxy groups -OCH3 is 1. The Morgan fingerprint density at radius 2 is 2.24 bits per heavy atom. The third kappa shape index (κ3) is 6.67. The average molecular weight is 328 g/mol. The number of H-pyrrole nitrogens is 1. The summed E-state index contributed by atoms with van der Waals surface area (Å²) in [7, 11) is 1.53. The molecule has 1 aromatic heterocycles. The zero-order valence-electron chi connectivity index (χ0n) is 11.2. The Balaban J connectivity index is 2.48. The largest absolute Gasteiger partial charge is 0.405 e. The maximum absolute atomic E-state index is 11.9. The van der Waals surface area contributed by atoms with Crippen molar-refractivity contribution in [1.29, 1.82) is 0 Å². The maximum Gasteiger partial charge on any atom is 0.405 e. The van der Waals surface area contributed by atoms with Crippen molar-refractivity contribution in [2.45, 2.75) is 24.3 Å². The molecule has 0 saturated heterocycles. The summed E-state index contributed by atoms with van der Waals surface area (Å²) in [5, 5.41) is 7.94. The summed E-state index contributed by atoms with van der Waals surface area (Å²) in [6, 6.07) is 0. The first-order valence-electron chi connectivity index (χ1n) is 5.94. The van der Waals surface area contributed by atoms with E-state index in [4.69, 9.17) is 4.74 Å². The molecule has 0 aliphatic carbocycles. The fourth-order valence-corrected chi connectivity index (χ4v) is 2.16. The first kappa shape index (κ1) is 17.6. The number of rotatable bonds is 8. The van der Waals surface area contributed by atoms with E-state index in [-0.39, 0.29) is 10.9 Å². The van der Waals surface area contributed by atoms with Crippen molar-refractivity contribution in [3.8, 4) is 0 Å². The minimum Gasteiger partial charge on any atom is -0.385 e. The summed E-state index contributed by atoms with van der Waals surface area (Å²) in [4.78, 5) is 22.7. The zero-order chi connectivity index (χ0) is 15.9. The van der Waals surface area contributed by atoms with E-state index in [2.05, 4.69) is 10.2 Å². The Hall–Kier alpha value is -1.49. The predicted molar refractivity (Wildman–Crippen MR) is 69.1 cm³/mol. The molecule has 0 aliphatic rings. The predicted octanol–water partition coefficient (Wildman–Crippen LogP) is 0.379. The molecule has 0 aromatic carbocycles. The molecule has 1 heterocycles. The number of carbonyl (C=O) groups excluding carboxylic acids is 1. The quantitative estimate of drug-likeness (QED) is 0.532. The third-order valence-corrected chi connectivity index (χ3v) is 3.25. The van der Waals surface area contributed by atoms with Gasteiger partial charge in [-0.2, -0.15) is 13.2 Å². The number of amides is 1. The highest BCUT2D eigenvalue weighted by Gasteiger charge is 2.27. The number of hydrogen-bond acceptors (Lipinski definition) is 5. The minimum absolute atomic E-state index is 0.248. The van der Waals surface area contributed by atoms with E-state index in [0.29, 0.717) is 19.6 Å². The number of halogens is 3. The van der Waals surface area contributed by atoms with Gasteiger partial charge in [0, 0.05) is 20.3 Å². The highest BCUT2D eigenvalue weighted by atomic mass is 32.2. The summed E-state index contributed by atoms with van der Waals surface area (Å²) in [5.74, 6) is -1.04. The number of nitrogens with zero attached hydrogens (tertiary/aromatic N) is 2. The molecule has 0 aliphatic heterocycles. The number of aromatic amines is 1. The normalized spacial score (nSPS) is 11.6. The Bertz CT molecular complexity index is 514. The summed E-state index contributed by atoms with van der Waals surface area (Å²) in [6.07, 6.45) is -3.88. The molecule has 1 amide bonds. The van der Waals surface area contributed by atoms with Crippen molar-refractivity contribution in [2.75, 3.05) is 26.0 Å². The van der Waals surface area contributed by atoms with E-state index in [1.54, 1.807) is 5.32 Å². The molecular weight excluding hydrogens is 313 g/mol. The number of thioether (sulfide) groups is 1. The van der Waals surface area contributed by atoms with Crippen molar-refractivity contribution in [3.63, 3.8) is 0 Å². The standard InChI is InChI=1S/C10H15F3N4O3S/c1-20-4-2-3-17-8(19)15-16-9(17)21-5-7(18)14-6-10(11,12)13/h2-6H2,1H3,(H,14,18)(H,15,19). The van der Waals surface area contributed by atoms with Crippen LogP contribution >= 0.6 is 11.8 Å². The molecule has 0 unspecified atom stereocenters. The van der Waals surface area contributed by atoms with Crippen molar-refractivity contribution in [3.05, 3.63) is 10.5 Å². The molecule has 1 aromatic rings. The lowest BCUT2D eigenvalue weighted by Gasteiger charge is -2.08. The molecule has 0 atom stereocenters. The average Bonchev–Trinajstić information content (AvgIpc) is 2.75. The van der Waals surface area contributed by atoms with Gasteiger partial charge in [-0.1, -0.05) is 11.8 Å². The molecule has 0 radical (unpaired) electrons. The van der Waals surface area contributed by atoms with Crippen molar-refractivity contribution >= 4 is 17.7 Å². The molecule has 0 saturated carbocycles. The highest BCUT2D eigenvalue weighted by Crippen LogP contribution is 2.14. The van der Waals surface area contributed by atoms with Crippen LogP contribution < -0.4 is 11.0 Å². The molecule has 0 fully saturated rings. The molecule has 11 heteroatoms. The van der Waals surface area contributed by atoms with Gasteiger partial charge in [-0.3, -0.25) is 9.36 Å². The molecular formula is C10H15F3N4O3S. The molecule has 7 nitrogen and oxygen atoms in total. The Labute approximate surface area is 122 Å². The molecule has 1 rings (SSSR count). The second-order valence-corrected chi connectivity index (χ2v) is 4.93. The lowest BCUT2D eigenvalue weighted by atomic mass is 10.4. The smallest absolute Gasteiger partial charge is 0.385 e. The van der Waals surface area contributed by atoms with Crippen LogP contribution in [0.5, 0.6) is 0 Å². The summed E-state index contributed by atoms with van der Waals surface area (Å²) < 4.78 is 41.9. The van der Waals surface area contributed by atoms with E-state index in [1.165, 1.54) is 11.7 Å². The molecule has 0 spiro atoms. The molecule has 0 bridgehead atoms.